The van der Waals surface area contributed by atoms with E-state index in [4.69, 9.17) is 0 Å². The molecular weight excluding hydrogens is 288 g/mol. The molecule has 1 unspecified atom stereocenters. The van der Waals surface area contributed by atoms with E-state index in [1.54, 1.807) is 0 Å². The highest BCUT2D eigenvalue weighted by atomic mass is 35.5. The minimum absolute atomic E-state index is 0. The van der Waals surface area contributed by atoms with Crippen LogP contribution in [0.25, 0.3) is 0 Å². The zero-order valence-corrected chi connectivity index (χ0v) is 12.8. The van der Waals surface area contributed by atoms with Gasteiger partial charge in [0.25, 0.3) is 10.0 Å². The zero-order valence-electron chi connectivity index (χ0n) is 11.1. The van der Waals surface area contributed by atoms with Crippen molar-refractivity contribution < 1.29 is 8.42 Å². The van der Waals surface area contributed by atoms with Crippen LogP contribution >= 0.6 is 12.4 Å². The highest BCUT2D eigenvalue weighted by Gasteiger charge is 2.32. The maximum atomic E-state index is 11.9. The third-order valence-corrected chi connectivity index (χ3v) is 4.92. The number of aromatic nitrogens is 2. The number of piperidine rings is 1. The van der Waals surface area contributed by atoms with Gasteiger partial charge in [-0.25, -0.2) is 18.1 Å². The van der Waals surface area contributed by atoms with E-state index in [-0.39, 0.29) is 28.9 Å². The van der Waals surface area contributed by atoms with E-state index in [0.717, 1.165) is 19.4 Å². The van der Waals surface area contributed by atoms with Gasteiger partial charge in [-0.05, 0) is 24.8 Å². The summed E-state index contributed by atoms with van der Waals surface area (Å²) in [5.74, 6) is 0. The van der Waals surface area contributed by atoms with Gasteiger partial charge in [0.2, 0.25) is 0 Å². The molecule has 0 saturated carbocycles. The lowest BCUT2D eigenvalue weighted by molar-refractivity contribution is 0.181. The fraction of sp³-hybridized carbons (Fsp3) is 0.727. The number of halogens is 1. The Labute approximate surface area is 120 Å². The van der Waals surface area contributed by atoms with Crippen LogP contribution in [0.15, 0.2) is 17.6 Å². The van der Waals surface area contributed by atoms with Gasteiger partial charge in [0, 0.05) is 12.6 Å². The van der Waals surface area contributed by atoms with Crippen LogP contribution in [-0.2, 0) is 10.0 Å². The smallest absolute Gasteiger partial charge is 0.257 e. The summed E-state index contributed by atoms with van der Waals surface area (Å²) in [6.07, 6.45) is 4.91. The lowest BCUT2D eigenvalue weighted by Gasteiger charge is -2.39. The fourth-order valence-electron chi connectivity index (χ4n) is 2.28. The molecule has 0 amide bonds. The number of sulfonamides is 1. The maximum absolute atomic E-state index is 11.9. The standard InChI is InChI=1S/C11H20N4O2S.ClH/c1-11(2)4-3-5-13-9(11)6-15-18(16,17)10-7-12-8-14-10;/h7-9,13,15H,3-6H2,1-2H3,(H,12,14);1H. The van der Waals surface area contributed by atoms with Crippen molar-refractivity contribution in [1.29, 1.82) is 0 Å². The lowest BCUT2D eigenvalue weighted by Crippen LogP contribution is -2.52. The van der Waals surface area contributed by atoms with E-state index in [1.807, 2.05) is 0 Å². The van der Waals surface area contributed by atoms with Crippen LogP contribution in [0.3, 0.4) is 0 Å². The van der Waals surface area contributed by atoms with Crippen molar-refractivity contribution >= 4 is 22.4 Å². The summed E-state index contributed by atoms with van der Waals surface area (Å²) < 4.78 is 26.5. The summed E-state index contributed by atoms with van der Waals surface area (Å²) in [7, 11) is -3.47. The monoisotopic (exact) mass is 308 g/mol. The van der Waals surface area contributed by atoms with Gasteiger partial charge in [0.1, 0.15) is 0 Å². The van der Waals surface area contributed by atoms with Crippen molar-refractivity contribution in [3.8, 4) is 0 Å². The van der Waals surface area contributed by atoms with Crippen molar-refractivity contribution in [2.24, 2.45) is 5.41 Å². The molecule has 19 heavy (non-hydrogen) atoms. The Morgan fingerprint density at radius 1 is 1.53 bits per heavy atom. The minimum Gasteiger partial charge on any atom is -0.335 e. The van der Waals surface area contributed by atoms with Gasteiger partial charge in [-0.2, -0.15) is 0 Å². The number of nitrogens with zero attached hydrogens (tertiary/aromatic N) is 1. The molecule has 0 spiro atoms. The Hall–Kier alpha value is -0.630. The molecule has 1 atom stereocenters. The van der Waals surface area contributed by atoms with Gasteiger partial charge in [-0.15, -0.1) is 12.4 Å². The first-order valence-corrected chi connectivity index (χ1v) is 7.61. The molecule has 1 aromatic rings. The maximum Gasteiger partial charge on any atom is 0.257 e. The Kier molecular flexibility index (Phi) is 5.37. The van der Waals surface area contributed by atoms with Gasteiger partial charge >= 0.3 is 0 Å². The van der Waals surface area contributed by atoms with Crippen molar-refractivity contribution in [3.63, 3.8) is 0 Å². The van der Waals surface area contributed by atoms with Crippen molar-refractivity contribution in [2.45, 2.75) is 37.8 Å². The molecule has 0 aliphatic carbocycles. The van der Waals surface area contributed by atoms with E-state index in [2.05, 4.69) is 33.9 Å². The van der Waals surface area contributed by atoms with Gasteiger partial charge < -0.3 is 10.3 Å². The molecule has 3 N–H and O–H groups in total. The van der Waals surface area contributed by atoms with Crippen LogP contribution in [0.2, 0.25) is 0 Å². The van der Waals surface area contributed by atoms with Gasteiger partial charge in [0.15, 0.2) is 5.03 Å². The van der Waals surface area contributed by atoms with E-state index in [1.165, 1.54) is 12.5 Å². The average molecular weight is 309 g/mol. The van der Waals surface area contributed by atoms with Crippen molar-refractivity contribution in [1.82, 2.24) is 20.0 Å². The predicted molar refractivity (Wildman–Crippen MR) is 75.8 cm³/mol. The quantitative estimate of drug-likeness (QED) is 0.771. The van der Waals surface area contributed by atoms with E-state index in [0.29, 0.717) is 6.54 Å². The van der Waals surface area contributed by atoms with Gasteiger partial charge in [-0.1, -0.05) is 13.8 Å². The largest absolute Gasteiger partial charge is 0.335 e. The van der Waals surface area contributed by atoms with Crippen LogP contribution in [0, 0.1) is 5.41 Å². The second-order valence-electron chi connectivity index (χ2n) is 5.37. The van der Waals surface area contributed by atoms with Crippen molar-refractivity contribution in [2.75, 3.05) is 13.1 Å². The highest BCUT2D eigenvalue weighted by molar-refractivity contribution is 7.89. The Morgan fingerprint density at radius 3 is 2.84 bits per heavy atom. The number of H-pyrrole nitrogens is 1. The number of nitrogens with one attached hydrogen (secondary N) is 3. The lowest BCUT2D eigenvalue weighted by atomic mass is 9.78. The van der Waals surface area contributed by atoms with Crippen LogP contribution in [0.1, 0.15) is 26.7 Å². The second kappa shape index (κ2) is 6.21. The first kappa shape index (κ1) is 16.4. The molecule has 1 aromatic heterocycles. The topological polar surface area (TPSA) is 86.9 Å². The molecule has 0 radical (unpaired) electrons. The molecule has 6 nitrogen and oxygen atoms in total. The Balaban J connectivity index is 0.00000180. The van der Waals surface area contributed by atoms with E-state index in [9.17, 15) is 8.42 Å². The van der Waals surface area contributed by atoms with E-state index < -0.39 is 10.0 Å². The predicted octanol–water partition coefficient (Wildman–Crippen LogP) is 0.888. The average Bonchev–Trinajstić information content (AvgIpc) is 2.81. The molecule has 0 bridgehead atoms. The first-order valence-electron chi connectivity index (χ1n) is 6.13. The summed E-state index contributed by atoms with van der Waals surface area (Å²) in [5.41, 5.74) is 0.106. The molecule has 1 aliphatic rings. The molecule has 8 heteroatoms. The normalized spacial score (nSPS) is 22.7. The Bertz CT molecular complexity index is 487. The summed E-state index contributed by atoms with van der Waals surface area (Å²) >= 11 is 0. The Morgan fingerprint density at radius 2 is 2.26 bits per heavy atom. The van der Waals surface area contributed by atoms with Crippen LogP contribution in [0.5, 0.6) is 0 Å². The number of aromatic amines is 1. The molecule has 2 rings (SSSR count). The summed E-state index contributed by atoms with van der Waals surface area (Å²) in [5, 5.41) is 3.48. The third-order valence-electron chi connectivity index (χ3n) is 3.57. The molecule has 1 fully saturated rings. The van der Waals surface area contributed by atoms with Gasteiger partial charge in [0.05, 0.1) is 12.5 Å². The number of hydrogen-bond donors (Lipinski definition) is 3. The fourth-order valence-corrected chi connectivity index (χ4v) is 3.23. The minimum atomic E-state index is -3.47. The van der Waals surface area contributed by atoms with Crippen LogP contribution < -0.4 is 10.0 Å². The molecule has 1 aliphatic heterocycles. The molecule has 1 saturated heterocycles. The SMILES string of the molecule is CC1(C)CCCNC1CNS(=O)(=O)c1cnc[nH]1.Cl. The third kappa shape index (κ3) is 3.92. The number of rotatable bonds is 4. The second-order valence-corrected chi connectivity index (χ2v) is 7.10. The van der Waals surface area contributed by atoms with Crippen LogP contribution in [0.4, 0.5) is 0 Å². The van der Waals surface area contributed by atoms with Crippen molar-refractivity contribution in [3.05, 3.63) is 12.5 Å². The molecular formula is C11H21ClN4O2S. The number of hydrogen-bond acceptors (Lipinski definition) is 4. The van der Waals surface area contributed by atoms with Gasteiger partial charge in [-0.3, -0.25) is 0 Å². The molecule has 110 valence electrons. The van der Waals surface area contributed by atoms with E-state index >= 15 is 0 Å². The first-order chi connectivity index (χ1) is 8.42. The zero-order chi connectivity index (χ0) is 13.2. The number of imidazole rings is 1. The summed E-state index contributed by atoms with van der Waals surface area (Å²) in [6.45, 7) is 5.66. The highest BCUT2D eigenvalue weighted by Crippen LogP contribution is 2.29. The summed E-state index contributed by atoms with van der Waals surface area (Å²) in [6, 6.07) is 0.156. The van der Waals surface area contributed by atoms with Crippen LogP contribution in [-0.4, -0.2) is 37.5 Å². The molecule has 0 aromatic carbocycles. The molecule has 2 heterocycles. The summed E-state index contributed by atoms with van der Waals surface area (Å²) in [4.78, 5) is 6.33.